The van der Waals surface area contributed by atoms with E-state index in [9.17, 15) is 0 Å². The van der Waals surface area contributed by atoms with Gasteiger partial charge in [-0.15, -0.1) is 0 Å². The molecule has 5 rings (SSSR count). The average Bonchev–Trinajstić information content (AvgIpc) is 2.62. The third-order valence-corrected chi connectivity index (χ3v) is 4.79. The van der Waals surface area contributed by atoms with Crippen molar-refractivity contribution in [1.29, 1.82) is 0 Å². The maximum absolute atomic E-state index is 2.28. The first-order valence-electron chi connectivity index (χ1n) is 8.29. The van der Waals surface area contributed by atoms with Crippen molar-refractivity contribution in [1.82, 2.24) is 0 Å². The van der Waals surface area contributed by atoms with Crippen molar-refractivity contribution in [2.75, 3.05) is 0 Å². The van der Waals surface area contributed by atoms with Crippen molar-refractivity contribution in [3.05, 3.63) is 95.1 Å². The van der Waals surface area contributed by atoms with E-state index in [1.807, 2.05) is 0 Å². The molecule has 0 saturated heterocycles. The Labute approximate surface area is 141 Å². The molecule has 0 aliphatic heterocycles. The van der Waals surface area contributed by atoms with Gasteiger partial charge in [-0.05, 0) is 68.1 Å². The van der Waals surface area contributed by atoms with E-state index in [1.54, 1.807) is 0 Å². The molecule has 4 aromatic carbocycles. The first-order valence-corrected chi connectivity index (χ1v) is 8.29. The Balaban J connectivity index is 1.73. The summed E-state index contributed by atoms with van der Waals surface area (Å²) in [5, 5.41) is 5.14. The number of hydrogen-bond acceptors (Lipinski definition) is 0. The van der Waals surface area contributed by atoms with E-state index in [0.29, 0.717) is 0 Å². The van der Waals surface area contributed by atoms with E-state index >= 15 is 0 Å². The van der Waals surface area contributed by atoms with Gasteiger partial charge in [0.05, 0.1) is 0 Å². The maximum Gasteiger partial charge on any atom is -0.0177 e. The van der Waals surface area contributed by atoms with Crippen LogP contribution in [0.15, 0.2) is 72.8 Å². The highest BCUT2D eigenvalue weighted by Gasteiger charge is 2.06. The van der Waals surface area contributed by atoms with E-state index in [2.05, 4.69) is 97.1 Å². The Hall–Kier alpha value is -3.12. The van der Waals surface area contributed by atoms with Crippen molar-refractivity contribution >= 4 is 45.8 Å². The van der Waals surface area contributed by atoms with E-state index in [1.165, 1.54) is 43.8 Å². The lowest BCUT2D eigenvalue weighted by molar-refractivity contribution is 1.63. The highest BCUT2D eigenvalue weighted by molar-refractivity contribution is 5.96. The summed E-state index contributed by atoms with van der Waals surface area (Å²) in [6.45, 7) is 0. The summed E-state index contributed by atoms with van der Waals surface area (Å²) in [5.41, 5.74) is 5.07. The largest absolute Gasteiger partial charge is 0.0616 e. The van der Waals surface area contributed by atoms with Crippen LogP contribution in [0.1, 0.15) is 22.3 Å². The molecule has 0 radical (unpaired) electrons. The highest BCUT2D eigenvalue weighted by Crippen LogP contribution is 2.29. The molecular formula is C24H16. The number of hydrogen-bond donors (Lipinski definition) is 0. The SMILES string of the molecule is C1=C\c2cc3ccccc3cc2/C=C\c2cc3ccccc3cc2/1. The Bertz CT molecular complexity index is 961. The summed E-state index contributed by atoms with van der Waals surface area (Å²) in [4.78, 5) is 0. The quantitative estimate of drug-likeness (QED) is 0.300. The van der Waals surface area contributed by atoms with Gasteiger partial charge in [0.2, 0.25) is 0 Å². The van der Waals surface area contributed by atoms with Gasteiger partial charge >= 0.3 is 0 Å². The molecule has 0 nitrogen and oxygen atoms in total. The summed E-state index contributed by atoms with van der Waals surface area (Å²) in [6, 6.07) is 26.2. The van der Waals surface area contributed by atoms with E-state index in [-0.39, 0.29) is 0 Å². The number of benzene rings is 4. The van der Waals surface area contributed by atoms with E-state index < -0.39 is 0 Å². The molecule has 1 aliphatic rings. The standard InChI is InChI=1S/C24H16/c1-2-6-18-14-22-11-12-24-16-20-8-4-3-7-19(20)15-23(24)10-9-21(22)13-17(18)5-1/h1-16H/b10-9-,12-11-,21-9?,22-11?,23-10?,24-12?. The molecule has 0 aromatic heterocycles. The second kappa shape index (κ2) is 5.21. The van der Waals surface area contributed by atoms with Crippen molar-refractivity contribution in [3.8, 4) is 0 Å². The summed E-state index contributed by atoms with van der Waals surface area (Å²) in [5.74, 6) is 0. The molecule has 0 heterocycles. The summed E-state index contributed by atoms with van der Waals surface area (Å²) in [6.07, 6.45) is 8.94. The minimum Gasteiger partial charge on any atom is -0.0616 e. The second-order valence-corrected chi connectivity index (χ2v) is 6.32. The molecule has 0 unspecified atom stereocenters. The Kier molecular flexibility index (Phi) is 2.89. The van der Waals surface area contributed by atoms with Crippen LogP contribution in [0.3, 0.4) is 0 Å². The molecule has 24 heavy (non-hydrogen) atoms. The molecule has 0 N–H and O–H groups in total. The van der Waals surface area contributed by atoms with Crippen LogP contribution in [0.25, 0.3) is 45.8 Å². The number of rotatable bonds is 0. The van der Waals surface area contributed by atoms with Gasteiger partial charge in [0.25, 0.3) is 0 Å². The lowest BCUT2D eigenvalue weighted by Crippen LogP contribution is -1.88. The number of fused-ring (bicyclic) bond motifs is 4. The smallest absolute Gasteiger partial charge is 0.0177 e. The first kappa shape index (κ1) is 13.3. The van der Waals surface area contributed by atoms with Crippen LogP contribution >= 0.6 is 0 Å². The molecule has 0 atom stereocenters. The summed E-state index contributed by atoms with van der Waals surface area (Å²) in [7, 11) is 0. The average molecular weight is 304 g/mol. The molecule has 4 aromatic rings. The topological polar surface area (TPSA) is 0 Å². The maximum atomic E-state index is 2.28. The van der Waals surface area contributed by atoms with Crippen molar-refractivity contribution < 1.29 is 0 Å². The van der Waals surface area contributed by atoms with Gasteiger partial charge in [0.1, 0.15) is 0 Å². The van der Waals surface area contributed by atoms with Crippen LogP contribution in [0.4, 0.5) is 0 Å². The lowest BCUT2D eigenvalue weighted by atomic mass is 9.94. The molecule has 1 aliphatic carbocycles. The molecule has 0 spiro atoms. The van der Waals surface area contributed by atoms with Crippen LogP contribution < -0.4 is 0 Å². The van der Waals surface area contributed by atoms with Gasteiger partial charge in [-0.25, -0.2) is 0 Å². The Morgan fingerprint density at radius 1 is 0.333 bits per heavy atom. The molecule has 0 saturated carbocycles. The predicted molar refractivity (Wildman–Crippen MR) is 106 cm³/mol. The van der Waals surface area contributed by atoms with Gasteiger partial charge in [0.15, 0.2) is 0 Å². The van der Waals surface area contributed by atoms with E-state index in [0.717, 1.165) is 0 Å². The van der Waals surface area contributed by atoms with Gasteiger partial charge in [-0.3, -0.25) is 0 Å². The van der Waals surface area contributed by atoms with Crippen molar-refractivity contribution in [2.24, 2.45) is 0 Å². The summed E-state index contributed by atoms with van der Waals surface area (Å²) < 4.78 is 0. The Morgan fingerprint density at radius 3 is 0.833 bits per heavy atom. The first-order chi connectivity index (χ1) is 11.9. The molecular weight excluding hydrogens is 288 g/mol. The fourth-order valence-electron chi connectivity index (χ4n) is 3.49. The highest BCUT2D eigenvalue weighted by atomic mass is 14.1. The normalized spacial score (nSPS) is 15.3. The minimum absolute atomic E-state index is 1.27. The molecule has 0 heteroatoms. The molecule has 0 fully saturated rings. The van der Waals surface area contributed by atoms with Crippen LogP contribution in [0.5, 0.6) is 0 Å². The minimum atomic E-state index is 1.27. The molecule has 0 amide bonds. The monoisotopic (exact) mass is 304 g/mol. The zero-order valence-electron chi connectivity index (χ0n) is 13.2. The zero-order chi connectivity index (χ0) is 15.9. The fraction of sp³-hybridized carbons (Fsp3) is 0. The van der Waals surface area contributed by atoms with Gasteiger partial charge in [-0.1, -0.05) is 72.8 Å². The van der Waals surface area contributed by atoms with E-state index in [4.69, 9.17) is 0 Å². The predicted octanol–water partition coefficient (Wildman–Crippen LogP) is 6.65. The third-order valence-electron chi connectivity index (χ3n) is 4.79. The van der Waals surface area contributed by atoms with Gasteiger partial charge in [0, 0.05) is 0 Å². The molecule has 0 bridgehead atoms. The van der Waals surface area contributed by atoms with Crippen molar-refractivity contribution in [3.63, 3.8) is 0 Å². The fourth-order valence-corrected chi connectivity index (χ4v) is 3.49. The van der Waals surface area contributed by atoms with Gasteiger partial charge < -0.3 is 0 Å². The summed E-state index contributed by atoms with van der Waals surface area (Å²) >= 11 is 0. The van der Waals surface area contributed by atoms with Crippen LogP contribution in [0.2, 0.25) is 0 Å². The van der Waals surface area contributed by atoms with Gasteiger partial charge in [-0.2, -0.15) is 0 Å². The van der Waals surface area contributed by atoms with Crippen LogP contribution in [-0.4, -0.2) is 0 Å². The third kappa shape index (κ3) is 2.16. The Morgan fingerprint density at radius 2 is 0.583 bits per heavy atom. The molecule has 112 valence electrons. The zero-order valence-corrected chi connectivity index (χ0v) is 13.2. The van der Waals surface area contributed by atoms with Crippen LogP contribution in [0, 0.1) is 0 Å². The van der Waals surface area contributed by atoms with Crippen LogP contribution in [-0.2, 0) is 0 Å². The van der Waals surface area contributed by atoms with Crippen molar-refractivity contribution in [2.45, 2.75) is 0 Å². The second-order valence-electron chi connectivity index (χ2n) is 6.32. The lowest BCUT2D eigenvalue weighted by Gasteiger charge is -2.11.